The van der Waals surface area contributed by atoms with Crippen molar-refractivity contribution in [2.75, 3.05) is 20.3 Å². The number of carbonyl (C=O) groups excluding carboxylic acids is 2. The fourth-order valence-electron chi connectivity index (χ4n) is 9.73. The lowest BCUT2D eigenvalue weighted by atomic mass is 9.95. The highest BCUT2D eigenvalue weighted by Crippen LogP contribution is 2.38. The van der Waals surface area contributed by atoms with Crippen molar-refractivity contribution in [1.29, 1.82) is 0 Å². The Bertz CT molecular complexity index is 3130. The molecule has 14 heteroatoms. The van der Waals surface area contributed by atoms with Crippen LogP contribution in [0.1, 0.15) is 48.5 Å². The summed E-state index contributed by atoms with van der Waals surface area (Å²) in [4.78, 5) is 29.3. The van der Waals surface area contributed by atoms with Gasteiger partial charge < -0.3 is 56.8 Å². The van der Waals surface area contributed by atoms with Gasteiger partial charge in [0.05, 0.1) is 64.5 Å². The van der Waals surface area contributed by atoms with Gasteiger partial charge in [-0.25, -0.2) is 9.59 Å². The molecule has 8 aromatic rings. The summed E-state index contributed by atoms with van der Waals surface area (Å²) < 4.78 is 81.2. The van der Waals surface area contributed by atoms with Crippen molar-refractivity contribution in [3.8, 4) is 11.5 Å². The van der Waals surface area contributed by atoms with Gasteiger partial charge in [-0.15, -0.1) is 0 Å². The topological polar surface area (TPSA) is 145 Å². The molecule has 0 radical (unpaired) electrons. The van der Waals surface area contributed by atoms with Gasteiger partial charge in [-0.05, 0) is 76.3 Å². The summed E-state index contributed by atoms with van der Waals surface area (Å²) in [6.45, 7) is 0.796. The Hall–Kier alpha value is -8.02. The molecule has 82 heavy (non-hydrogen) atoms. The van der Waals surface area contributed by atoms with Crippen molar-refractivity contribution in [3.05, 3.63) is 276 Å². The van der Waals surface area contributed by atoms with Crippen LogP contribution in [0.4, 0.5) is 0 Å². The van der Waals surface area contributed by atoms with Crippen molar-refractivity contribution in [2.45, 2.75) is 94.4 Å². The molecule has 0 unspecified atom stereocenters. The first-order valence-electron chi connectivity index (χ1n) is 27.4. The third kappa shape index (κ3) is 15.9. The molecule has 0 N–H and O–H groups in total. The standard InChI is InChI=1S/C68H66O14/c1-71-55-37-39-56(40-38-55)77-68-64(81-66(70)54-35-21-8-22-36-54)62(80-65(69)53-33-19-7-20-34-53)60(58(79-68)47-73-42-49-25-11-3-12-26-49)82-67-63(76-45-52-31-17-6-18-32-52)61(75-44-51-29-15-5-16-30-51)59(74-43-50-27-13-4-14-28-50)57(78-67)46-72-41-48-23-9-2-10-24-48/h2-40,57-64,67-68H,41-47H2,1H3/t57-,58-,59+,60+,61+,62+,63-,64-,67-,68-/m1/s1. The molecule has 2 saturated heterocycles. The number of hydrogen-bond acceptors (Lipinski definition) is 14. The van der Waals surface area contributed by atoms with E-state index in [2.05, 4.69) is 0 Å². The average Bonchev–Trinajstić information content (AvgIpc) is 3.66. The number of benzene rings is 8. The molecule has 0 spiro atoms. The molecule has 10 atom stereocenters. The molecule has 2 heterocycles. The first kappa shape index (κ1) is 57.2. The second-order valence-corrected chi connectivity index (χ2v) is 19.7. The minimum atomic E-state index is -1.50. The smallest absolute Gasteiger partial charge is 0.338 e. The lowest BCUT2D eigenvalue weighted by Crippen LogP contribution is -2.67. The maximum absolute atomic E-state index is 14.8. The highest BCUT2D eigenvalue weighted by atomic mass is 16.8. The largest absolute Gasteiger partial charge is 0.497 e. The van der Waals surface area contributed by atoms with Crippen molar-refractivity contribution >= 4 is 11.9 Å². The van der Waals surface area contributed by atoms with Crippen LogP contribution in [0.3, 0.4) is 0 Å². The monoisotopic (exact) mass is 1110 g/mol. The van der Waals surface area contributed by atoms with E-state index in [4.69, 9.17) is 56.8 Å². The molecule has 8 aromatic carbocycles. The second-order valence-electron chi connectivity index (χ2n) is 19.7. The van der Waals surface area contributed by atoms with Gasteiger partial charge in [0.25, 0.3) is 0 Å². The number of rotatable bonds is 26. The third-order valence-corrected chi connectivity index (χ3v) is 13.9. The van der Waals surface area contributed by atoms with Crippen molar-refractivity contribution < 1.29 is 66.4 Å². The van der Waals surface area contributed by atoms with Crippen LogP contribution < -0.4 is 9.47 Å². The predicted octanol–water partition coefficient (Wildman–Crippen LogP) is 11.5. The van der Waals surface area contributed by atoms with E-state index in [1.54, 1.807) is 92.0 Å². The third-order valence-electron chi connectivity index (χ3n) is 13.9. The van der Waals surface area contributed by atoms with Crippen LogP contribution in [0.5, 0.6) is 11.5 Å². The zero-order chi connectivity index (χ0) is 56.1. The summed E-state index contributed by atoms with van der Waals surface area (Å²) in [7, 11) is 1.56. The molecule has 10 rings (SSSR count). The molecule has 14 nitrogen and oxygen atoms in total. The lowest BCUT2D eigenvalue weighted by Gasteiger charge is -2.49. The Morgan fingerprint density at radius 3 is 1.15 bits per heavy atom. The van der Waals surface area contributed by atoms with Gasteiger partial charge in [0, 0.05) is 0 Å². The summed E-state index contributed by atoms with van der Waals surface area (Å²) >= 11 is 0. The molecule has 2 fully saturated rings. The fourth-order valence-corrected chi connectivity index (χ4v) is 9.73. The Balaban J connectivity index is 1.09. The average molecular weight is 1110 g/mol. The van der Waals surface area contributed by atoms with Crippen LogP contribution in [0.2, 0.25) is 0 Å². The van der Waals surface area contributed by atoms with Crippen LogP contribution in [-0.4, -0.2) is 93.7 Å². The molecule has 0 aromatic heterocycles. The van der Waals surface area contributed by atoms with Gasteiger partial charge in [-0.1, -0.05) is 188 Å². The number of esters is 2. The SMILES string of the molecule is COc1ccc(O[C@@H]2O[C@H](COCc3ccccc3)[C@H](O[C@H]3O[C@H](COCc4ccccc4)[C@H](OCc4ccccc4)[C@H](OCc4ccccc4)[C@H]3OCc3ccccc3)[C@H](OC(=O)c3ccccc3)[C@H]2OC(=O)c2ccccc2)cc1. The van der Waals surface area contributed by atoms with Crippen LogP contribution >= 0.6 is 0 Å². The van der Waals surface area contributed by atoms with Gasteiger partial charge in [0.2, 0.25) is 12.4 Å². The van der Waals surface area contributed by atoms with E-state index in [9.17, 15) is 9.59 Å². The van der Waals surface area contributed by atoms with E-state index >= 15 is 0 Å². The highest BCUT2D eigenvalue weighted by molar-refractivity contribution is 5.90. The first-order chi connectivity index (χ1) is 40.4. The van der Waals surface area contributed by atoms with Gasteiger partial charge in [0.1, 0.15) is 48.1 Å². The van der Waals surface area contributed by atoms with E-state index in [1.807, 2.05) is 152 Å². The molecule has 0 aliphatic carbocycles. The zero-order valence-corrected chi connectivity index (χ0v) is 45.5. The van der Waals surface area contributed by atoms with Crippen LogP contribution in [0, 0.1) is 0 Å². The molecule has 0 amide bonds. The van der Waals surface area contributed by atoms with E-state index in [0.717, 1.165) is 27.8 Å². The second kappa shape index (κ2) is 29.6. The van der Waals surface area contributed by atoms with Crippen molar-refractivity contribution in [3.63, 3.8) is 0 Å². The summed E-state index contributed by atoms with van der Waals surface area (Å²) in [6.07, 6.45) is -11.9. The minimum absolute atomic E-state index is 0.0249. The molecular weight excluding hydrogens is 1040 g/mol. The number of methoxy groups -OCH3 is 1. The van der Waals surface area contributed by atoms with E-state index in [1.165, 1.54) is 0 Å². The number of hydrogen-bond donors (Lipinski definition) is 0. The quantitative estimate of drug-likeness (QED) is 0.0474. The van der Waals surface area contributed by atoms with Gasteiger partial charge in [-0.2, -0.15) is 0 Å². The van der Waals surface area contributed by atoms with E-state index in [-0.39, 0.29) is 57.4 Å². The maximum atomic E-state index is 14.8. The van der Waals surface area contributed by atoms with Gasteiger partial charge in [-0.3, -0.25) is 0 Å². The number of carbonyl (C=O) groups is 2. The Labute approximate surface area is 478 Å². The normalized spacial score (nSPS) is 22.4. The molecular formula is C68H66O14. The fraction of sp³-hybridized carbons (Fsp3) is 0.265. The molecule has 0 bridgehead atoms. The van der Waals surface area contributed by atoms with Crippen LogP contribution in [-0.2, 0) is 80.4 Å². The molecule has 2 aliphatic rings. The molecule has 422 valence electrons. The van der Waals surface area contributed by atoms with Crippen molar-refractivity contribution in [1.82, 2.24) is 0 Å². The van der Waals surface area contributed by atoms with E-state index < -0.39 is 73.4 Å². The van der Waals surface area contributed by atoms with Gasteiger partial charge >= 0.3 is 11.9 Å². The summed E-state index contributed by atoms with van der Waals surface area (Å²) in [5, 5.41) is 0. The Morgan fingerprint density at radius 2 is 0.707 bits per heavy atom. The molecule has 0 saturated carbocycles. The Kier molecular flexibility index (Phi) is 20.7. The number of ether oxygens (including phenoxy) is 12. The highest BCUT2D eigenvalue weighted by Gasteiger charge is 2.57. The summed E-state index contributed by atoms with van der Waals surface area (Å²) in [5.74, 6) is -0.553. The van der Waals surface area contributed by atoms with Gasteiger partial charge in [0.15, 0.2) is 12.4 Å². The predicted molar refractivity (Wildman–Crippen MR) is 304 cm³/mol. The minimum Gasteiger partial charge on any atom is -0.497 e. The van der Waals surface area contributed by atoms with Crippen molar-refractivity contribution in [2.24, 2.45) is 0 Å². The zero-order valence-electron chi connectivity index (χ0n) is 45.5. The first-order valence-corrected chi connectivity index (χ1v) is 27.4. The summed E-state index contributed by atoms with van der Waals surface area (Å²) in [5.41, 5.74) is 5.01. The van der Waals surface area contributed by atoms with E-state index in [0.29, 0.717) is 11.5 Å². The summed E-state index contributed by atoms with van der Waals surface area (Å²) in [6, 6.07) is 72.8. The Morgan fingerprint density at radius 1 is 0.354 bits per heavy atom. The lowest BCUT2D eigenvalue weighted by molar-refractivity contribution is -0.365. The molecule has 2 aliphatic heterocycles. The maximum Gasteiger partial charge on any atom is 0.338 e. The van der Waals surface area contributed by atoms with Crippen LogP contribution in [0.25, 0.3) is 0 Å². The van der Waals surface area contributed by atoms with Crippen LogP contribution in [0.15, 0.2) is 237 Å².